The molecular weight excluding hydrogens is 538 g/mol. The number of hydrogen-bond donors (Lipinski definition) is 4. The number of nitrogens with zero attached hydrogens (tertiary/aromatic N) is 1. The Hall–Kier alpha value is -4.38. The van der Waals surface area contributed by atoms with Gasteiger partial charge in [0.15, 0.2) is 17.7 Å². The Morgan fingerprint density at radius 3 is 2.74 bits per heavy atom. The fourth-order valence-electron chi connectivity index (χ4n) is 6.72. The average Bonchev–Trinajstić information content (AvgIpc) is 3.77. The highest BCUT2D eigenvalue weighted by Crippen LogP contribution is 2.58. The van der Waals surface area contributed by atoms with Crippen molar-refractivity contribution >= 4 is 23.5 Å². The third-order valence-electron chi connectivity index (χ3n) is 8.81. The lowest BCUT2D eigenvalue weighted by molar-refractivity contribution is -0.130. The second kappa shape index (κ2) is 9.87. The van der Waals surface area contributed by atoms with E-state index in [1.165, 1.54) is 7.11 Å². The molecule has 3 aromatic rings. The van der Waals surface area contributed by atoms with E-state index in [9.17, 15) is 14.4 Å². The summed E-state index contributed by atoms with van der Waals surface area (Å²) in [4.78, 5) is 44.9. The minimum absolute atomic E-state index is 0.0224. The van der Waals surface area contributed by atoms with Crippen molar-refractivity contribution in [3.8, 4) is 5.75 Å². The number of para-hydroxylation sites is 1. The Labute approximate surface area is 242 Å². The van der Waals surface area contributed by atoms with E-state index in [0.717, 1.165) is 41.8 Å². The molecule has 2 amide bonds. The summed E-state index contributed by atoms with van der Waals surface area (Å²) in [6.07, 6.45) is 1.26. The predicted molar refractivity (Wildman–Crippen MR) is 151 cm³/mol. The molecule has 4 aliphatic heterocycles. The Kier molecular flexibility index (Phi) is 6.23. The monoisotopic (exact) mass is 571 g/mol. The number of nitrogens with one attached hydrogen (secondary N) is 4. The molecule has 0 saturated carbocycles. The van der Waals surface area contributed by atoms with Crippen LogP contribution >= 0.6 is 0 Å². The van der Waals surface area contributed by atoms with E-state index in [4.69, 9.17) is 13.9 Å². The maximum atomic E-state index is 13.8. The number of anilines is 1. The van der Waals surface area contributed by atoms with Crippen molar-refractivity contribution in [2.24, 2.45) is 5.92 Å². The Bertz CT molecular complexity index is 1590. The summed E-state index contributed by atoms with van der Waals surface area (Å²) in [5.41, 5.74) is 2.28. The van der Waals surface area contributed by atoms with E-state index in [-0.39, 0.29) is 41.8 Å². The molecule has 4 aliphatic rings. The average molecular weight is 572 g/mol. The molecule has 2 aromatic carbocycles. The first kappa shape index (κ1) is 26.5. The van der Waals surface area contributed by atoms with Crippen LogP contribution in [0, 0.1) is 5.92 Å². The molecule has 4 N–H and O–H groups in total. The van der Waals surface area contributed by atoms with Crippen LogP contribution in [-0.2, 0) is 26.2 Å². The second-order valence-corrected chi connectivity index (χ2v) is 11.7. The van der Waals surface area contributed by atoms with Gasteiger partial charge in [-0.05, 0) is 48.6 Å². The van der Waals surface area contributed by atoms with Crippen LogP contribution in [-0.4, -0.2) is 54.7 Å². The van der Waals surface area contributed by atoms with Crippen molar-refractivity contribution in [2.75, 3.05) is 19.0 Å². The van der Waals surface area contributed by atoms with Crippen LogP contribution in [0.4, 0.5) is 5.69 Å². The molecule has 1 aromatic heterocycles. The predicted octanol–water partition coefficient (Wildman–Crippen LogP) is 2.55. The highest BCUT2D eigenvalue weighted by molar-refractivity contribution is 5.92. The van der Waals surface area contributed by atoms with Gasteiger partial charge in [0.2, 0.25) is 17.7 Å². The van der Waals surface area contributed by atoms with E-state index in [1.54, 1.807) is 0 Å². The molecular formula is C31H33N5O6. The Balaban J connectivity index is 1.44. The molecule has 42 heavy (non-hydrogen) atoms. The normalized spacial score (nSPS) is 27.1. The molecule has 0 radical (unpaired) electrons. The van der Waals surface area contributed by atoms with Gasteiger partial charge in [0.1, 0.15) is 23.2 Å². The molecule has 1 spiro atoms. The Morgan fingerprint density at radius 1 is 1.14 bits per heavy atom. The third-order valence-corrected chi connectivity index (χ3v) is 8.81. The summed E-state index contributed by atoms with van der Waals surface area (Å²) < 4.78 is 18.2. The SMILES string of the molecule is COC(=O)c1nc2oc1C13c4ccccc4N[C@H]1Oc1ccc(cc13)C[C@H](NC(=O)[C@@H]1CCCN1)C(=O)NC2C(C)C. The van der Waals surface area contributed by atoms with Gasteiger partial charge in [-0.2, -0.15) is 0 Å². The highest BCUT2D eigenvalue weighted by Gasteiger charge is 2.61. The summed E-state index contributed by atoms with van der Waals surface area (Å²) in [6, 6.07) is 11.7. The fourth-order valence-corrected chi connectivity index (χ4v) is 6.72. The molecule has 5 heterocycles. The summed E-state index contributed by atoms with van der Waals surface area (Å²) in [5.74, 6) is -0.284. The number of carbonyl (C=O) groups excluding carboxylic acids is 3. The maximum Gasteiger partial charge on any atom is 0.360 e. The summed E-state index contributed by atoms with van der Waals surface area (Å²) >= 11 is 0. The number of oxazole rings is 1. The smallest absolute Gasteiger partial charge is 0.360 e. The first-order valence-electron chi connectivity index (χ1n) is 14.4. The van der Waals surface area contributed by atoms with Gasteiger partial charge in [-0.1, -0.05) is 44.2 Å². The number of amides is 2. The number of hydrogen-bond acceptors (Lipinski definition) is 9. The summed E-state index contributed by atoms with van der Waals surface area (Å²) in [6.45, 7) is 4.63. The van der Waals surface area contributed by atoms with Crippen molar-refractivity contribution in [2.45, 2.75) is 62.9 Å². The van der Waals surface area contributed by atoms with Crippen LogP contribution in [0.15, 0.2) is 46.9 Å². The van der Waals surface area contributed by atoms with Crippen molar-refractivity contribution in [1.29, 1.82) is 0 Å². The zero-order chi connectivity index (χ0) is 29.2. The van der Waals surface area contributed by atoms with Gasteiger partial charge in [0.25, 0.3) is 0 Å². The lowest BCUT2D eigenvalue weighted by atomic mass is 9.72. The quantitative estimate of drug-likeness (QED) is 0.347. The molecule has 1 fully saturated rings. The van der Waals surface area contributed by atoms with Crippen LogP contribution in [0.1, 0.15) is 71.6 Å². The fraction of sp³-hybridized carbons (Fsp3) is 0.419. The van der Waals surface area contributed by atoms with E-state index in [1.807, 2.05) is 56.3 Å². The van der Waals surface area contributed by atoms with Crippen LogP contribution in [0.2, 0.25) is 0 Å². The summed E-state index contributed by atoms with van der Waals surface area (Å²) in [7, 11) is 1.30. The standard InChI is InChI=1S/C31H33N5O6/c1-15(2)23-28-36-24(29(39)40-3)25(42-28)31-17-7-4-5-8-19(17)34-30(31)41-22-11-10-16(13-18(22)31)14-21(27(38)35-23)33-26(37)20-9-6-12-32-20/h4-5,7-8,10-11,13,15,20-21,23,30,32,34H,6,9,12,14H2,1-3H3,(H,33,37)(H,35,38)/t20-,21-,23?,30-,31?/m0/s1. The van der Waals surface area contributed by atoms with Crippen LogP contribution in [0.5, 0.6) is 5.75 Å². The van der Waals surface area contributed by atoms with Gasteiger partial charge in [-0.25, -0.2) is 9.78 Å². The number of fused-ring (bicyclic) bond motifs is 4. The van der Waals surface area contributed by atoms with Gasteiger partial charge in [0, 0.05) is 17.7 Å². The van der Waals surface area contributed by atoms with Crippen LogP contribution in [0.3, 0.4) is 0 Å². The molecule has 218 valence electrons. The number of carbonyl (C=O) groups is 3. The molecule has 1 saturated heterocycles. The zero-order valence-electron chi connectivity index (χ0n) is 23.7. The lowest BCUT2D eigenvalue weighted by Crippen LogP contribution is -2.53. The number of rotatable bonds is 4. The minimum Gasteiger partial charge on any atom is -0.469 e. The van der Waals surface area contributed by atoms with E-state index >= 15 is 0 Å². The molecule has 11 nitrogen and oxygen atoms in total. The molecule has 2 unspecified atom stereocenters. The van der Waals surface area contributed by atoms with E-state index < -0.39 is 29.7 Å². The highest BCUT2D eigenvalue weighted by atomic mass is 16.5. The van der Waals surface area contributed by atoms with Gasteiger partial charge in [0.05, 0.1) is 13.2 Å². The first-order valence-corrected chi connectivity index (χ1v) is 14.4. The molecule has 4 bridgehead atoms. The van der Waals surface area contributed by atoms with Crippen LogP contribution < -0.4 is 26.0 Å². The van der Waals surface area contributed by atoms with Crippen molar-refractivity contribution < 1.29 is 28.3 Å². The topological polar surface area (TPSA) is 144 Å². The van der Waals surface area contributed by atoms with Gasteiger partial charge in [-0.3, -0.25) is 9.59 Å². The van der Waals surface area contributed by atoms with Crippen molar-refractivity contribution in [3.05, 3.63) is 76.5 Å². The number of benzene rings is 2. The van der Waals surface area contributed by atoms with Crippen molar-refractivity contribution in [1.82, 2.24) is 20.9 Å². The lowest BCUT2D eigenvalue weighted by Gasteiger charge is -2.29. The van der Waals surface area contributed by atoms with E-state index in [0.29, 0.717) is 11.5 Å². The number of esters is 1. The van der Waals surface area contributed by atoms with Gasteiger partial charge < -0.3 is 35.2 Å². The van der Waals surface area contributed by atoms with Gasteiger partial charge >= 0.3 is 5.97 Å². The van der Waals surface area contributed by atoms with Crippen LogP contribution in [0.25, 0.3) is 0 Å². The van der Waals surface area contributed by atoms with E-state index in [2.05, 4.69) is 26.3 Å². The molecule has 7 rings (SSSR count). The third kappa shape index (κ3) is 3.90. The summed E-state index contributed by atoms with van der Waals surface area (Å²) in [5, 5.41) is 12.7. The molecule has 5 atom stereocenters. The van der Waals surface area contributed by atoms with Crippen molar-refractivity contribution in [3.63, 3.8) is 0 Å². The van der Waals surface area contributed by atoms with Gasteiger partial charge in [-0.15, -0.1) is 0 Å². The zero-order valence-corrected chi connectivity index (χ0v) is 23.7. The first-order chi connectivity index (χ1) is 20.3. The maximum absolute atomic E-state index is 13.8. The molecule has 0 aliphatic carbocycles. The Morgan fingerprint density at radius 2 is 1.98 bits per heavy atom. The largest absolute Gasteiger partial charge is 0.469 e. The minimum atomic E-state index is -1.06. The molecule has 11 heteroatoms. The number of methoxy groups -OCH3 is 1. The number of ether oxygens (including phenoxy) is 2. The second-order valence-electron chi connectivity index (χ2n) is 11.7. The number of aromatic nitrogens is 1.